The Morgan fingerprint density at radius 3 is 1.83 bits per heavy atom. The van der Waals surface area contributed by atoms with Gasteiger partial charge in [-0.1, -0.05) is 118 Å². The van der Waals surface area contributed by atoms with Gasteiger partial charge in [0.1, 0.15) is 0 Å². The third-order valence-corrected chi connectivity index (χ3v) is 14.0. The van der Waals surface area contributed by atoms with Crippen molar-refractivity contribution < 1.29 is 9.22 Å². The van der Waals surface area contributed by atoms with E-state index < -0.39 is 13.9 Å². The lowest BCUT2D eigenvalue weighted by atomic mass is 9.74. The zero-order valence-electron chi connectivity index (χ0n) is 26.0. The molecule has 2 saturated heterocycles. The van der Waals surface area contributed by atoms with Crippen LogP contribution in [0.2, 0.25) is 18.1 Å². The SMILES string of the molecule is CC(C)(C)[Si](C)(C)OC1CCN(C(c2ccccc2)(c2ccccc2)c2ccccc2)C/C1=C/CN1CCNC(=O)C1. The van der Waals surface area contributed by atoms with Crippen LogP contribution in [-0.2, 0) is 14.8 Å². The molecule has 1 N–H and O–H groups in total. The first-order chi connectivity index (χ1) is 20.1. The summed E-state index contributed by atoms with van der Waals surface area (Å²) in [5, 5.41) is 3.09. The minimum absolute atomic E-state index is 0.0702. The smallest absolute Gasteiger partial charge is 0.234 e. The van der Waals surface area contributed by atoms with Gasteiger partial charge in [0, 0.05) is 32.7 Å². The largest absolute Gasteiger partial charge is 0.410 e. The first kappa shape index (κ1) is 30.4. The number of amides is 1. The molecule has 1 amide bonds. The van der Waals surface area contributed by atoms with E-state index in [4.69, 9.17) is 4.43 Å². The second-order valence-electron chi connectivity index (χ2n) is 13.2. The van der Waals surface area contributed by atoms with Crippen molar-refractivity contribution in [2.45, 2.75) is 57.0 Å². The summed E-state index contributed by atoms with van der Waals surface area (Å²) in [5.74, 6) is 0.107. The van der Waals surface area contributed by atoms with E-state index in [9.17, 15) is 4.79 Å². The average molecular weight is 582 g/mol. The Morgan fingerprint density at radius 2 is 1.36 bits per heavy atom. The van der Waals surface area contributed by atoms with E-state index in [1.165, 1.54) is 22.3 Å². The molecule has 6 heteroatoms. The first-order valence-corrected chi connectivity index (χ1v) is 18.3. The highest BCUT2D eigenvalue weighted by molar-refractivity contribution is 6.74. The molecule has 42 heavy (non-hydrogen) atoms. The van der Waals surface area contributed by atoms with Crippen LogP contribution >= 0.6 is 0 Å². The molecule has 5 rings (SSSR count). The Balaban J connectivity index is 1.60. The Bertz CT molecular complexity index is 1260. The van der Waals surface area contributed by atoms with Crippen LogP contribution in [0.25, 0.3) is 0 Å². The van der Waals surface area contributed by atoms with Gasteiger partial charge in [0.15, 0.2) is 8.32 Å². The number of likely N-dealkylation sites (tertiary alicyclic amines) is 1. The molecule has 0 aliphatic carbocycles. The maximum absolute atomic E-state index is 12.1. The molecule has 1 atom stereocenters. The van der Waals surface area contributed by atoms with Crippen LogP contribution < -0.4 is 5.32 Å². The van der Waals surface area contributed by atoms with Crippen molar-refractivity contribution in [3.8, 4) is 0 Å². The summed E-state index contributed by atoms with van der Waals surface area (Å²) in [6.45, 7) is 16.1. The summed E-state index contributed by atoms with van der Waals surface area (Å²) in [6.07, 6.45) is 3.36. The van der Waals surface area contributed by atoms with Gasteiger partial charge in [-0.3, -0.25) is 14.6 Å². The zero-order chi connectivity index (χ0) is 29.8. The highest BCUT2D eigenvalue weighted by Gasteiger charge is 2.46. The molecule has 3 aromatic rings. The number of nitrogens with zero attached hydrogens (tertiary/aromatic N) is 2. The maximum Gasteiger partial charge on any atom is 0.234 e. The Hall–Kier alpha value is -3.03. The zero-order valence-corrected chi connectivity index (χ0v) is 27.0. The average Bonchev–Trinajstić information content (AvgIpc) is 2.98. The van der Waals surface area contributed by atoms with E-state index >= 15 is 0 Å². The van der Waals surface area contributed by atoms with Crippen molar-refractivity contribution in [1.82, 2.24) is 15.1 Å². The van der Waals surface area contributed by atoms with Gasteiger partial charge < -0.3 is 9.74 Å². The number of hydrogen-bond acceptors (Lipinski definition) is 4. The van der Waals surface area contributed by atoms with Gasteiger partial charge in [0.05, 0.1) is 18.2 Å². The molecular weight excluding hydrogens is 535 g/mol. The number of nitrogens with one attached hydrogen (secondary N) is 1. The van der Waals surface area contributed by atoms with E-state index in [1.54, 1.807) is 0 Å². The quantitative estimate of drug-likeness (QED) is 0.189. The Kier molecular flexibility index (Phi) is 9.19. The topological polar surface area (TPSA) is 44.8 Å². The van der Waals surface area contributed by atoms with Gasteiger partial charge >= 0.3 is 0 Å². The van der Waals surface area contributed by atoms with E-state index in [2.05, 4.69) is 146 Å². The second-order valence-corrected chi connectivity index (χ2v) is 18.0. The molecule has 222 valence electrons. The molecular formula is C36H47N3O2Si. The van der Waals surface area contributed by atoms with Gasteiger partial charge in [-0.15, -0.1) is 0 Å². The number of piperazine rings is 1. The predicted octanol–water partition coefficient (Wildman–Crippen LogP) is 6.43. The fourth-order valence-electron chi connectivity index (χ4n) is 6.19. The van der Waals surface area contributed by atoms with Gasteiger partial charge in [-0.25, -0.2) is 0 Å². The standard InChI is InChI=1S/C36H47N3O2Si/c1-35(2,3)42(4,5)41-33-22-25-39(27-29(33)21-24-38-26-23-37-34(40)28-38)36(30-15-9-6-10-16-30,31-17-11-7-12-18-31)32-19-13-8-14-20-32/h6-21,33H,22-28H2,1-5H3,(H,37,40)/b29-21-. The lowest BCUT2D eigenvalue weighted by molar-refractivity contribution is -0.123. The fraction of sp³-hybridized carbons (Fsp3) is 0.417. The maximum atomic E-state index is 12.1. The molecule has 2 aliphatic heterocycles. The molecule has 1 unspecified atom stereocenters. The third kappa shape index (κ3) is 6.32. The molecule has 5 nitrogen and oxygen atoms in total. The molecule has 0 aromatic heterocycles. The van der Waals surface area contributed by atoms with Crippen molar-refractivity contribution in [2.75, 3.05) is 39.3 Å². The van der Waals surface area contributed by atoms with E-state index in [-0.39, 0.29) is 17.0 Å². The van der Waals surface area contributed by atoms with Crippen LogP contribution in [0.15, 0.2) is 103 Å². The van der Waals surface area contributed by atoms with Crippen LogP contribution in [0.1, 0.15) is 43.9 Å². The summed E-state index contributed by atoms with van der Waals surface area (Å²) in [6, 6.07) is 32.9. The van der Waals surface area contributed by atoms with Crippen molar-refractivity contribution >= 4 is 14.2 Å². The van der Waals surface area contributed by atoms with E-state index in [1.807, 2.05) is 0 Å². The Labute approximate surface area is 253 Å². The fourth-order valence-corrected chi connectivity index (χ4v) is 7.52. The van der Waals surface area contributed by atoms with Crippen LogP contribution in [0.5, 0.6) is 0 Å². The van der Waals surface area contributed by atoms with Crippen molar-refractivity contribution in [2.24, 2.45) is 0 Å². The van der Waals surface area contributed by atoms with Crippen LogP contribution in [0.3, 0.4) is 0 Å². The first-order valence-electron chi connectivity index (χ1n) is 15.4. The van der Waals surface area contributed by atoms with E-state index in [0.29, 0.717) is 13.1 Å². The number of rotatable bonds is 8. The lowest BCUT2D eigenvalue weighted by Crippen LogP contribution is -2.55. The number of carbonyl (C=O) groups excluding carboxylic acids is 1. The normalized spacial score (nSPS) is 20.5. The molecule has 0 radical (unpaired) electrons. The van der Waals surface area contributed by atoms with Crippen molar-refractivity contribution in [1.29, 1.82) is 0 Å². The highest BCUT2D eigenvalue weighted by atomic mass is 28.4. The van der Waals surface area contributed by atoms with Gasteiger partial charge in [-0.2, -0.15) is 0 Å². The summed E-state index contributed by atoms with van der Waals surface area (Å²) >= 11 is 0. The van der Waals surface area contributed by atoms with Gasteiger partial charge in [0.25, 0.3) is 0 Å². The van der Waals surface area contributed by atoms with Crippen molar-refractivity contribution in [3.63, 3.8) is 0 Å². The van der Waals surface area contributed by atoms with Crippen LogP contribution in [0, 0.1) is 0 Å². The van der Waals surface area contributed by atoms with Crippen LogP contribution in [0.4, 0.5) is 0 Å². The van der Waals surface area contributed by atoms with Gasteiger partial charge in [0.2, 0.25) is 5.91 Å². The molecule has 2 fully saturated rings. The monoisotopic (exact) mass is 581 g/mol. The van der Waals surface area contributed by atoms with E-state index in [0.717, 1.165) is 32.6 Å². The third-order valence-electron chi connectivity index (χ3n) is 9.47. The number of hydrogen-bond donors (Lipinski definition) is 1. The highest BCUT2D eigenvalue weighted by Crippen LogP contribution is 2.45. The molecule has 0 spiro atoms. The summed E-state index contributed by atoms with van der Waals surface area (Å²) in [7, 11) is -2.01. The van der Waals surface area contributed by atoms with Gasteiger partial charge in [-0.05, 0) is 46.8 Å². The number of carbonyl (C=O) groups is 1. The predicted molar refractivity (Wildman–Crippen MR) is 175 cm³/mol. The molecule has 2 heterocycles. The summed E-state index contributed by atoms with van der Waals surface area (Å²) < 4.78 is 7.14. The Morgan fingerprint density at radius 1 is 0.833 bits per heavy atom. The summed E-state index contributed by atoms with van der Waals surface area (Å²) in [5.41, 5.74) is 4.65. The molecule has 0 saturated carbocycles. The summed E-state index contributed by atoms with van der Waals surface area (Å²) in [4.78, 5) is 17.0. The molecule has 0 bridgehead atoms. The second kappa shape index (κ2) is 12.7. The minimum atomic E-state index is -2.01. The van der Waals surface area contributed by atoms with Crippen molar-refractivity contribution in [3.05, 3.63) is 119 Å². The number of piperidine rings is 1. The lowest BCUT2D eigenvalue weighted by Gasteiger charge is -2.50. The number of benzene rings is 3. The minimum Gasteiger partial charge on any atom is -0.410 e. The molecule has 3 aromatic carbocycles. The molecule has 2 aliphatic rings. The van der Waals surface area contributed by atoms with Crippen LogP contribution in [-0.4, -0.2) is 69.4 Å².